The van der Waals surface area contributed by atoms with E-state index in [4.69, 9.17) is 9.72 Å². The molecule has 0 saturated heterocycles. The summed E-state index contributed by atoms with van der Waals surface area (Å²) in [5.41, 5.74) is 4.82. The molecular formula is C23H25N3O. The maximum atomic E-state index is 5.41. The molecule has 1 N–H and O–H groups in total. The number of nitrogens with one attached hydrogen (secondary N) is 1. The Kier molecular flexibility index (Phi) is 5.05. The normalized spacial score (nSPS) is 16.3. The lowest BCUT2D eigenvalue weighted by Gasteiger charge is -2.18. The zero-order chi connectivity index (χ0) is 18.6. The number of hydrogen-bond donors (Lipinski definition) is 1. The van der Waals surface area contributed by atoms with Crippen molar-refractivity contribution >= 4 is 5.82 Å². The number of hydrogen-bond acceptors (Lipinski definition) is 4. The summed E-state index contributed by atoms with van der Waals surface area (Å²) in [5.74, 6) is 2.60. The molecule has 3 aromatic rings. The van der Waals surface area contributed by atoms with Gasteiger partial charge in [0.2, 0.25) is 0 Å². The van der Waals surface area contributed by atoms with E-state index in [-0.39, 0.29) is 0 Å². The van der Waals surface area contributed by atoms with Crippen molar-refractivity contribution in [2.45, 2.75) is 38.6 Å². The maximum absolute atomic E-state index is 5.41. The van der Waals surface area contributed by atoms with Crippen molar-refractivity contribution < 1.29 is 4.74 Å². The van der Waals surface area contributed by atoms with Gasteiger partial charge in [-0.05, 0) is 55.9 Å². The molecule has 1 atom stereocenters. The van der Waals surface area contributed by atoms with E-state index in [1.165, 1.54) is 17.5 Å². The summed E-state index contributed by atoms with van der Waals surface area (Å²) in [4.78, 5) is 9.38. The Morgan fingerprint density at radius 3 is 2.67 bits per heavy atom. The molecule has 1 unspecified atom stereocenters. The molecule has 4 rings (SSSR count). The molecule has 4 heteroatoms. The van der Waals surface area contributed by atoms with Gasteiger partial charge >= 0.3 is 0 Å². The van der Waals surface area contributed by atoms with Crippen LogP contribution in [0.5, 0.6) is 5.75 Å². The summed E-state index contributed by atoms with van der Waals surface area (Å²) >= 11 is 0. The first-order chi connectivity index (χ1) is 13.2. The van der Waals surface area contributed by atoms with Crippen LogP contribution < -0.4 is 10.1 Å². The molecule has 2 aromatic carbocycles. The van der Waals surface area contributed by atoms with Crippen LogP contribution in [0.4, 0.5) is 5.82 Å². The topological polar surface area (TPSA) is 47.0 Å². The third-order valence-electron chi connectivity index (χ3n) is 5.12. The van der Waals surface area contributed by atoms with Crippen LogP contribution in [0.1, 0.15) is 29.7 Å². The van der Waals surface area contributed by atoms with Crippen molar-refractivity contribution in [3.63, 3.8) is 0 Å². The number of anilines is 1. The fraction of sp³-hybridized carbons (Fsp3) is 0.304. The van der Waals surface area contributed by atoms with E-state index < -0.39 is 0 Å². The van der Waals surface area contributed by atoms with Gasteiger partial charge in [0, 0.05) is 23.4 Å². The summed E-state index contributed by atoms with van der Waals surface area (Å²) in [6.45, 7) is 2.02. The molecule has 1 aliphatic rings. The van der Waals surface area contributed by atoms with Crippen LogP contribution in [0.2, 0.25) is 0 Å². The van der Waals surface area contributed by atoms with Crippen molar-refractivity contribution in [2.75, 3.05) is 12.4 Å². The third kappa shape index (κ3) is 4.11. The summed E-state index contributed by atoms with van der Waals surface area (Å²) in [6, 6.07) is 19.0. The monoisotopic (exact) mass is 359 g/mol. The van der Waals surface area contributed by atoms with E-state index in [2.05, 4.69) is 28.5 Å². The molecule has 0 bridgehead atoms. The van der Waals surface area contributed by atoms with Crippen LogP contribution in [-0.4, -0.2) is 23.1 Å². The molecular weight excluding hydrogens is 334 g/mol. The van der Waals surface area contributed by atoms with E-state index in [0.717, 1.165) is 47.9 Å². The Bertz CT molecular complexity index is 924. The lowest BCUT2D eigenvalue weighted by molar-refractivity contribution is 0.414. The Balaban J connectivity index is 1.57. The van der Waals surface area contributed by atoms with Crippen molar-refractivity contribution in [3.05, 3.63) is 71.4 Å². The lowest BCUT2D eigenvalue weighted by Crippen LogP contribution is -2.22. The Morgan fingerprint density at radius 1 is 1.00 bits per heavy atom. The van der Waals surface area contributed by atoms with Crippen LogP contribution in [-0.2, 0) is 12.8 Å². The van der Waals surface area contributed by atoms with Crippen LogP contribution in [0.25, 0.3) is 11.4 Å². The second-order valence-electron chi connectivity index (χ2n) is 7.16. The van der Waals surface area contributed by atoms with E-state index >= 15 is 0 Å². The molecule has 0 saturated carbocycles. The highest BCUT2D eigenvalue weighted by Gasteiger charge is 2.18. The summed E-state index contributed by atoms with van der Waals surface area (Å²) in [5, 5.41) is 3.66. The second-order valence-corrected chi connectivity index (χ2v) is 7.16. The van der Waals surface area contributed by atoms with Gasteiger partial charge in [0.25, 0.3) is 0 Å². The Labute approximate surface area is 160 Å². The van der Waals surface area contributed by atoms with Gasteiger partial charge in [0.1, 0.15) is 11.6 Å². The average Bonchev–Trinajstić information content (AvgIpc) is 2.89. The first-order valence-electron chi connectivity index (χ1n) is 9.55. The van der Waals surface area contributed by atoms with Crippen molar-refractivity contribution in [1.29, 1.82) is 0 Å². The van der Waals surface area contributed by atoms with Gasteiger partial charge in [-0.2, -0.15) is 0 Å². The van der Waals surface area contributed by atoms with Gasteiger partial charge in [-0.25, -0.2) is 9.97 Å². The molecule has 0 spiro atoms. The van der Waals surface area contributed by atoms with Crippen molar-refractivity contribution in [1.82, 2.24) is 9.97 Å². The van der Waals surface area contributed by atoms with Crippen LogP contribution in [0, 0.1) is 6.92 Å². The first-order valence-corrected chi connectivity index (χ1v) is 9.55. The molecule has 138 valence electrons. The summed E-state index contributed by atoms with van der Waals surface area (Å²) < 4.78 is 5.41. The number of methoxy groups -OCH3 is 1. The van der Waals surface area contributed by atoms with Gasteiger partial charge in [0.15, 0.2) is 5.82 Å². The predicted octanol–water partition coefficient (Wildman–Crippen LogP) is 4.82. The number of aromatic nitrogens is 2. The molecule has 0 aliphatic heterocycles. The van der Waals surface area contributed by atoms with E-state index in [1.807, 2.05) is 43.3 Å². The number of aryl methyl sites for hydroxylation is 2. The lowest BCUT2D eigenvalue weighted by atomic mass is 10.0. The number of fused-ring (bicyclic) bond motifs is 1. The predicted molar refractivity (Wildman–Crippen MR) is 109 cm³/mol. The van der Waals surface area contributed by atoms with Crippen LogP contribution in [0.3, 0.4) is 0 Å². The van der Waals surface area contributed by atoms with Crippen molar-refractivity contribution in [2.24, 2.45) is 0 Å². The third-order valence-corrected chi connectivity index (χ3v) is 5.12. The Hall–Kier alpha value is -2.88. The Morgan fingerprint density at radius 2 is 1.85 bits per heavy atom. The van der Waals surface area contributed by atoms with E-state index in [0.29, 0.717) is 6.04 Å². The minimum Gasteiger partial charge on any atom is -0.497 e. The molecule has 1 aliphatic carbocycles. The number of benzene rings is 2. The highest BCUT2D eigenvalue weighted by molar-refractivity contribution is 5.57. The first kappa shape index (κ1) is 17.5. The van der Waals surface area contributed by atoms with E-state index in [9.17, 15) is 0 Å². The van der Waals surface area contributed by atoms with Gasteiger partial charge in [-0.3, -0.25) is 0 Å². The fourth-order valence-electron chi connectivity index (χ4n) is 3.76. The zero-order valence-corrected chi connectivity index (χ0v) is 15.9. The van der Waals surface area contributed by atoms with Gasteiger partial charge < -0.3 is 10.1 Å². The van der Waals surface area contributed by atoms with Gasteiger partial charge in [-0.1, -0.05) is 36.4 Å². The quantitative estimate of drug-likeness (QED) is 0.679. The zero-order valence-electron chi connectivity index (χ0n) is 15.9. The number of ether oxygens (including phenoxy) is 1. The second kappa shape index (κ2) is 7.78. The summed E-state index contributed by atoms with van der Waals surface area (Å²) in [7, 11) is 1.73. The number of nitrogens with zero attached hydrogens (tertiary/aromatic N) is 2. The fourth-order valence-corrected chi connectivity index (χ4v) is 3.76. The summed E-state index contributed by atoms with van der Waals surface area (Å²) in [6.07, 6.45) is 4.40. The van der Waals surface area contributed by atoms with E-state index in [1.54, 1.807) is 7.11 Å². The molecule has 0 fully saturated rings. The molecule has 0 radical (unpaired) electrons. The minimum atomic E-state index is 0.358. The minimum absolute atomic E-state index is 0.358. The van der Waals surface area contributed by atoms with Gasteiger partial charge in [0.05, 0.1) is 7.11 Å². The molecule has 1 heterocycles. The number of rotatable bonds is 4. The largest absolute Gasteiger partial charge is 0.497 e. The molecule has 0 amide bonds. The van der Waals surface area contributed by atoms with Gasteiger partial charge in [-0.15, -0.1) is 0 Å². The highest BCUT2D eigenvalue weighted by atomic mass is 16.5. The smallest absolute Gasteiger partial charge is 0.161 e. The standard InChI is InChI=1S/C23H25N3O/c1-16-13-22(26-23(24-16)18-7-4-3-5-8-18)25-20-10-6-9-17-11-12-21(27-2)15-19(17)14-20/h3-5,7-8,11-13,15,20H,6,9-10,14H2,1-2H3,(H,24,25,26). The maximum Gasteiger partial charge on any atom is 0.161 e. The SMILES string of the molecule is COc1ccc2c(c1)CC(Nc1cc(C)nc(-c3ccccc3)n1)CCC2. The molecule has 4 nitrogen and oxygen atoms in total. The molecule has 27 heavy (non-hydrogen) atoms. The molecule has 1 aromatic heterocycles. The average molecular weight is 359 g/mol. The van der Waals surface area contributed by atoms with Crippen molar-refractivity contribution in [3.8, 4) is 17.1 Å². The van der Waals surface area contributed by atoms with Crippen LogP contribution in [0.15, 0.2) is 54.6 Å². The van der Waals surface area contributed by atoms with Crippen LogP contribution >= 0.6 is 0 Å². The highest BCUT2D eigenvalue weighted by Crippen LogP contribution is 2.27.